The Kier molecular flexibility index (Phi) is 6.83. The Morgan fingerprint density at radius 2 is 1.87 bits per heavy atom. The number of benzene rings is 1. The normalized spacial score (nSPS) is 16.6. The minimum atomic E-state index is -0.463. The Morgan fingerprint density at radius 3 is 2.59 bits per heavy atom. The van der Waals surface area contributed by atoms with Gasteiger partial charge in [-0.05, 0) is 50.8 Å². The molecule has 3 aromatic heterocycles. The van der Waals surface area contributed by atoms with Gasteiger partial charge in [-0.2, -0.15) is 5.10 Å². The smallest absolute Gasteiger partial charge is 0.225 e. The van der Waals surface area contributed by atoms with Crippen molar-refractivity contribution in [2.75, 3.05) is 13.1 Å². The Morgan fingerprint density at radius 1 is 1.10 bits per heavy atom. The molecule has 1 atom stereocenters. The van der Waals surface area contributed by atoms with E-state index in [1.165, 1.54) is 6.42 Å². The number of aliphatic imine (C=N–C) groups is 1. The largest absolute Gasteiger partial charge is 0.343 e. The van der Waals surface area contributed by atoms with Gasteiger partial charge in [-0.25, -0.2) is 0 Å². The molecule has 2 aliphatic rings. The summed E-state index contributed by atoms with van der Waals surface area (Å²) in [6.45, 7) is 5.62. The van der Waals surface area contributed by atoms with Crippen LogP contribution in [0.2, 0.25) is 5.02 Å². The second kappa shape index (κ2) is 10.4. The number of amides is 1. The van der Waals surface area contributed by atoms with Crippen LogP contribution in [0.25, 0.3) is 5.00 Å². The number of likely N-dealkylation sites (tertiary alicyclic amines) is 1. The molecule has 0 N–H and O–H groups in total. The molecular weight excluding hydrogens is 530 g/mol. The molecule has 1 amide bonds. The number of thiophene rings is 1. The molecule has 0 aliphatic carbocycles. The zero-order valence-electron chi connectivity index (χ0n) is 22.1. The van der Waals surface area contributed by atoms with E-state index in [2.05, 4.69) is 38.6 Å². The summed E-state index contributed by atoms with van der Waals surface area (Å²) in [5.74, 6) is 8.13. The van der Waals surface area contributed by atoms with Crippen LogP contribution in [0.5, 0.6) is 0 Å². The zero-order valence-corrected chi connectivity index (χ0v) is 23.7. The summed E-state index contributed by atoms with van der Waals surface area (Å²) in [6.07, 6.45) is 7.16. The standard InChI is InChI=1S/C29H28ClN7OS/c1-18-24(12-7-20-16-31-35(3)17-20)39-29-26(18)27(21-8-10-22(30)11-9-21)32-23(28-34-33-19(2)37(28)29)15-25(38)36-13-5-4-6-14-36/h8-11,16-17,23H,4-6,13-15H2,1-3H3/t23-/m0/s1. The highest BCUT2D eigenvalue weighted by Crippen LogP contribution is 2.40. The fraction of sp³-hybridized carbons (Fsp3) is 0.345. The molecule has 0 radical (unpaired) electrons. The van der Waals surface area contributed by atoms with E-state index in [0.717, 1.165) is 69.6 Å². The molecule has 0 bridgehead atoms. The molecule has 0 saturated carbocycles. The van der Waals surface area contributed by atoms with Crippen LogP contribution in [0.3, 0.4) is 0 Å². The summed E-state index contributed by atoms with van der Waals surface area (Å²) < 4.78 is 3.80. The molecule has 10 heteroatoms. The molecule has 198 valence electrons. The molecule has 8 nitrogen and oxygen atoms in total. The lowest BCUT2D eigenvalue weighted by Gasteiger charge is -2.27. The van der Waals surface area contributed by atoms with Crippen molar-refractivity contribution in [3.63, 3.8) is 0 Å². The highest BCUT2D eigenvalue weighted by molar-refractivity contribution is 7.15. The molecule has 1 saturated heterocycles. The molecule has 0 unspecified atom stereocenters. The van der Waals surface area contributed by atoms with Gasteiger partial charge in [0.2, 0.25) is 5.91 Å². The molecule has 1 aromatic carbocycles. The average Bonchev–Trinajstić information content (AvgIpc) is 3.60. The van der Waals surface area contributed by atoms with E-state index < -0.39 is 6.04 Å². The van der Waals surface area contributed by atoms with E-state index in [9.17, 15) is 4.79 Å². The van der Waals surface area contributed by atoms with E-state index in [0.29, 0.717) is 10.8 Å². The predicted molar refractivity (Wildman–Crippen MR) is 153 cm³/mol. The molecule has 2 aliphatic heterocycles. The topological polar surface area (TPSA) is 81.2 Å². The quantitative estimate of drug-likeness (QED) is 0.331. The maximum atomic E-state index is 13.4. The predicted octanol–water partition coefficient (Wildman–Crippen LogP) is 5.03. The van der Waals surface area contributed by atoms with Crippen LogP contribution < -0.4 is 0 Å². The number of aryl methyl sites for hydroxylation is 2. The number of hydrogen-bond donors (Lipinski definition) is 0. The van der Waals surface area contributed by atoms with Crippen molar-refractivity contribution in [3.8, 4) is 16.8 Å². The number of halogens is 1. The Balaban J connectivity index is 1.50. The van der Waals surface area contributed by atoms with Gasteiger partial charge in [0.15, 0.2) is 5.82 Å². The highest BCUT2D eigenvalue weighted by atomic mass is 35.5. The molecule has 5 heterocycles. The van der Waals surface area contributed by atoms with Gasteiger partial charge in [-0.3, -0.25) is 19.0 Å². The third-order valence-corrected chi connectivity index (χ3v) is 8.66. The number of rotatable bonds is 3. The number of nitrogens with zero attached hydrogens (tertiary/aromatic N) is 7. The van der Waals surface area contributed by atoms with Crippen LogP contribution in [0.15, 0.2) is 41.7 Å². The van der Waals surface area contributed by atoms with E-state index in [1.54, 1.807) is 22.2 Å². The van der Waals surface area contributed by atoms with Gasteiger partial charge in [0, 0.05) is 42.5 Å². The van der Waals surface area contributed by atoms with Gasteiger partial charge in [0.1, 0.15) is 16.9 Å². The lowest BCUT2D eigenvalue weighted by atomic mass is 9.99. The lowest BCUT2D eigenvalue weighted by Crippen LogP contribution is -2.36. The van der Waals surface area contributed by atoms with E-state index in [4.69, 9.17) is 16.6 Å². The van der Waals surface area contributed by atoms with Crippen molar-refractivity contribution in [2.24, 2.45) is 12.0 Å². The third-order valence-electron chi connectivity index (χ3n) is 7.22. The van der Waals surface area contributed by atoms with Gasteiger partial charge in [-0.15, -0.1) is 21.5 Å². The molecule has 39 heavy (non-hydrogen) atoms. The minimum Gasteiger partial charge on any atom is -0.343 e. The van der Waals surface area contributed by atoms with Crippen LogP contribution in [0.1, 0.15) is 70.5 Å². The monoisotopic (exact) mass is 557 g/mol. The van der Waals surface area contributed by atoms with Crippen LogP contribution >= 0.6 is 22.9 Å². The Labute approximate surface area is 236 Å². The summed E-state index contributed by atoms with van der Waals surface area (Å²) >= 11 is 7.84. The molecule has 6 rings (SSSR count). The van der Waals surface area contributed by atoms with Crippen LogP contribution in [-0.4, -0.2) is 54.2 Å². The SMILES string of the molecule is Cc1c(C#Cc2cnn(C)c2)sc2c1C(c1ccc(Cl)cc1)=N[C@@H](CC(=O)N1CCCCC1)c1nnc(C)n1-2. The number of carbonyl (C=O) groups excluding carboxylic acids is 1. The number of fused-ring (bicyclic) bond motifs is 3. The molecule has 1 fully saturated rings. The summed E-state index contributed by atoms with van der Waals surface area (Å²) in [6, 6.07) is 7.23. The molecule has 4 aromatic rings. The van der Waals surface area contributed by atoms with Crippen molar-refractivity contribution in [3.05, 3.63) is 80.5 Å². The van der Waals surface area contributed by atoms with Crippen molar-refractivity contribution in [2.45, 2.75) is 45.6 Å². The zero-order chi connectivity index (χ0) is 27.1. The van der Waals surface area contributed by atoms with E-state index in [1.807, 2.05) is 49.3 Å². The third kappa shape index (κ3) is 4.90. The average molecular weight is 558 g/mol. The first-order valence-electron chi connectivity index (χ1n) is 13.1. The van der Waals surface area contributed by atoms with Crippen LogP contribution in [-0.2, 0) is 11.8 Å². The highest BCUT2D eigenvalue weighted by Gasteiger charge is 2.33. The summed E-state index contributed by atoms with van der Waals surface area (Å²) in [5, 5.41) is 14.8. The second-order valence-corrected chi connectivity index (χ2v) is 11.4. The van der Waals surface area contributed by atoms with E-state index in [-0.39, 0.29) is 12.3 Å². The Bertz CT molecular complexity index is 1640. The maximum absolute atomic E-state index is 13.4. The number of carbonyl (C=O) groups is 1. The summed E-state index contributed by atoms with van der Waals surface area (Å²) in [7, 11) is 1.88. The minimum absolute atomic E-state index is 0.108. The number of piperidine rings is 1. The maximum Gasteiger partial charge on any atom is 0.225 e. The van der Waals surface area contributed by atoms with Crippen LogP contribution in [0, 0.1) is 25.7 Å². The van der Waals surface area contributed by atoms with Gasteiger partial charge in [-0.1, -0.05) is 35.6 Å². The van der Waals surface area contributed by atoms with Gasteiger partial charge in [0.05, 0.1) is 28.8 Å². The molecular formula is C29H28ClN7OS. The number of hydrogen-bond acceptors (Lipinski definition) is 6. The first-order valence-corrected chi connectivity index (χ1v) is 14.3. The van der Waals surface area contributed by atoms with Crippen molar-refractivity contribution in [1.29, 1.82) is 0 Å². The van der Waals surface area contributed by atoms with Gasteiger partial charge >= 0.3 is 0 Å². The summed E-state index contributed by atoms with van der Waals surface area (Å²) in [4.78, 5) is 21.5. The van der Waals surface area contributed by atoms with E-state index >= 15 is 0 Å². The van der Waals surface area contributed by atoms with Gasteiger partial charge < -0.3 is 4.90 Å². The first-order chi connectivity index (χ1) is 18.9. The lowest BCUT2D eigenvalue weighted by molar-refractivity contribution is -0.132. The fourth-order valence-electron chi connectivity index (χ4n) is 5.19. The second-order valence-electron chi connectivity index (χ2n) is 9.98. The van der Waals surface area contributed by atoms with Crippen LogP contribution in [0.4, 0.5) is 0 Å². The molecule has 0 spiro atoms. The fourth-order valence-corrected chi connectivity index (χ4v) is 6.54. The summed E-state index contributed by atoms with van der Waals surface area (Å²) in [5.41, 5.74) is 4.60. The first kappa shape index (κ1) is 25.5. The van der Waals surface area contributed by atoms with Crippen molar-refractivity contribution >= 4 is 34.6 Å². The van der Waals surface area contributed by atoms with Gasteiger partial charge in [0.25, 0.3) is 0 Å². The number of aromatic nitrogens is 5. The van der Waals surface area contributed by atoms with Crippen molar-refractivity contribution in [1.82, 2.24) is 29.4 Å². The van der Waals surface area contributed by atoms with Crippen molar-refractivity contribution < 1.29 is 4.79 Å². The Hall–Kier alpha value is -3.74.